The Kier molecular flexibility index (Phi) is 6.74. The van der Waals surface area contributed by atoms with Crippen LogP contribution in [0, 0.1) is 5.82 Å². The molecule has 0 spiro atoms. The lowest BCUT2D eigenvalue weighted by Gasteiger charge is -2.37. The maximum atomic E-state index is 14.0. The van der Waals surface area contributed by atoms with E-state index in [9.17, 15) is 14.0 Å². The van der Waals surface area contributed by atoms with Crippen molar-refractivity contribution in [3.8, 4) is 5.75 Å². The van der Waals surface area contributed by atoms with Crippen molar-refractivity contribution in [2.75, 3.05) is 6.54 Å². The van der Waals surface area contributed by atoms with Gasteiger partial charge in [-0.1, -0.05) is 18.2 Å². The molecular weight excluding hydrogens is 441 g/mol. The van der Waals surface area contributed by atoms with E-state index in [4.69, 9.17) is 4.74 Å². The summed E-state index contributed by atoms with van der Waals surface area (Å²) in [6, 6.07) is 11.8. The molecule has 0 fully saturated rings. The Bertz CT molecular complexity index is 1180. The third-order valence-electron chi connectivity index (χ3n) is 5.48. The summed E-state index contributed by atoms with van der Waals surface area (Å²) in [7, 11) is 0. The van der Waals surface area contributed by atoms with Crippen LogP contribution in [0.25, 0.3) is 0 Å². The summed E-state index contributed by atoms with van der Waals surface area (Å²) >= 11 is 1.36. The second-order valence-electron chi connectivity index (χ2n) is 8.32. The molecule has 1 aliphatic heterocycles. The minimum absolute atomic E-state index is 0.0370. The van der Waals surface area contributed by atoms with Crippen molar-refractivity contribution in [3.63, 3.8) is 0 Å². The maximum absolute atomic E-state index is 14.0. The van der Waals surface area contributed by atoms with Gasteiger partial charge in [-0.3, -0.25) is 9.59 Å². The molecule has 2 amide bonds. The molecule has 0 radical (unpaired) electrons. The van der Waals surface area contributed by atoms with Gasteiger partial charge < -0.3 is 15.0 Å². The summed E-state index contributed by atoms with van der Waals surface area (Å²) in [5, 5.41) is 5.23. The van der Waals surface area contributed by atoms with Gasteiger partial charge in [0.1, 0.15) is 28.9 Å². The lowest BCUT2D eigenvalue weighted by atomic mass is 9.88. The van der Waals surface area contributed by atoms with Gasteiger partial charge in [0.25, 0.3) is 5.91 Å². The molecule has 1 aliphatic rings. The molecule has 1 aromatic heterocycles. The molecule has 3 aromatic rings. The van der Waals surface area contributed by atoms with Gasteiger partial charge in [0.05, 0.1) is 6.04 Å². The highest BCUT2D eigenvalue weighted by Gasteiger charge is 2.31. The van der Waals surface area contributed by atoms with Crippen LogP contribution in [0.4, 0.5) is 4.39 Å². The minimum Gasteiger partial charge on any atom is -0.486 e. The number of aromatic nitrogens is 1. The standard InChI is InChI=1S/C25H26FN3O3S/c1-15(2)27-25(31)22-14-33-23(28-22)13-32-20-8-7-17-9-10-29(16(3)30)24(21(17)12-20)18-5-4-6-19(26)11-18/h4-8,11-12,14-15,24H,9-10,13H2,1-3H3,(H,27,31)/t24-/m0/s1. The summed E-state index contributed by atoms with van der Waals surface area (Å²) in [4.78, 5) is 30.6. The smallest absolute Gasteiger partial charge is 0.270 e. The predicted molar refractivity (Wildman–Crippen MR) is 125 cm³/mol. The van der Waals surface area contributed by atoms with Gasteiger partial charge in [0.2, 0.25) is 5.91 Å². The molecule has 0 aliphatic carbocycles. The van der Waals surface area contributed by atoms with Crippen molar-refractivity contribution in [3.05, 3.63) is 81.1 Å². The van der Waals surface area contributed by atoms with Gasteiger partial charge in [-0.05, 0) is 61.2 Å². The second kappa shape index (κ2) is 9.70. The number of hydrogen-bond donors (Lipinski definition) is 1. The van der Waals surface area contributed by atoms with E-state index < -0.39 is 0 Å². The number of carbonyl (C=O) groups excluding carboxylic acids is 2. The van der Waals surface area contributed by atoms with E-state index in [-0.39, 0.29) is 36.3 Å². The van der Waals surface area contributed by atoms with Crippen molar-refractivity contribution in [2.45, 2.75) is 45.9 Å². The number of carbonyl (C=O) groups is 2. The number of amides is 2. The topological polar surface area (TPSA) is 71.5 Å². The molecule has 0 saturated carbocycles. The minimum atomic E-state index is -0.378. The Hall–Kier alpha value is -3.26. The number of hydrogen-bond acceptors (Lipinski definition) is 5. The van der Waals surface area contributed by atoms with Crippen molar-refractivity contribution < 1.29 is 18.7 Å². The zero-order valence-corrected chi connectivity index (χ0v) is 19.6. The molecule has 4 rings (SSSR count). The lowest BCUT2D eigenvalue weighted by molar-refractivity contribution is -0.130. The quantitative estimate of drug-likeness (QED) is 0.580. The molecular formula is C25H26FN3O3S. The molecule has 2 heterocycles. The van der Waals surface area contributed by atoms with Crippen LogP contribution in [0.15, 0.2) is 47.8 Å². The van der Waals surface area contributed by atoms with Crippen LogP contribution in [-0.2, 0) is 17.8 Å². The Morgan fingerprint density at radius 2 is 2.09 bits per heavy atom. The molecule has 6 nitrogen and oxygen atoms in total. The normalized spacial score (nSPS) is 15.3. The first-order chi connectivity index (χ1) is 15.8. The summed E-state index contributed by atoms with van der Waals surface area (Å²) < 4.78 is 20.0. The Morgan fingerprint density at radius 1 is 1.27 bits per heavy atom. The third kappa shape index (κ3) is 5.22. The van der Waals surface area contributed by atoms with Gasteiger partial charge in [-0.15, -0.1) is 11.3 Å². The summed E-state index contributed by atoms with van der Waals surface area (Å²) in [6.45, 7) is 6.13. The zero-order valence-electron chi connectivity index (χ0n) is 18.8. The van der Waals surface area contributed by atoms with Crippen LogP contribution < -0.4 is 10.1 Å². The van der Waals surface area contributed by atoms with Crippen molar-refractivity contribution in [1.29, 1.82) is 0 Å². The molecule has 0 bridgehead atoms. The van der Waals surface area contributed by atoms with Crippen molar-refractivity contribution in [1.82, 2.24) is 15.2 Å². The van der Waals surface area contributed by atoms with E-state index in [1.54, 1.807) is 16.3 Å². The summed E-state index contributed by atoms with van der Waals surface area (Å²) in [6.07, 6.45) is 0.724. The fourth-order valence-electron chi connectivity index (χ4n) is 4.02. The highest BCUT2D eigenvalue weighted by molar-refractivity contribution is 7.09. The van der Waals surface area contributed by atoms with Crippen LogP contribution in [-0.4, -0.2) is 34.3 Å². The Morgan fingerprint density at radius 3 is 2.82 bits per heavy atom. The Labute approximate surface area is 196 Å². The SMILES string of the molecule is CC(=O)N1CCc2ccc(OCc3nc(C(=O)NC(C)C)cs3)cc2[C@@H]1c1cccc(F)c1. The summed E-state index contributed by atoms with van der Waals surface area (Å²) in [5.74, 6) is 0.0281. The van der Waals surface area contributed by atoms with Crippen LogP contribution in [0.2, 0.25) is 0 Å². The molecule has 1 N–H and O–H groups in total. The van der Waals surface area contributed by atoms with E-state index in [2.05, 4.69) is 10.3 Å². The van der Waals surface area contributed by atoms with E-state index in [1.807, 2.05) is 38.1 Å². The van der Waals surface area contributed by atoms with Gasteiger partial charge >= 0.3 is 0 Å². The number of thiazole rings is 1. The fourth-order valence-corrected chi connectivity index (χ4v) is 4.71. The first kappa shape index (κ1) is 22.9. The average molecular weight is 468 g/mol. The predicted octanol–water partition coefficient (Wildman–Crippen LogP) is 4.49. The van der Waals surface area contributed by atoms with Crippen LogP contribution in [0.1, 0.15) is 59.0 Å². The molecule has 8 heteroatoms. The monoisotopic (exact) mass is 467 g/mol. The van der Waals surface area contributed by atoms with Gasteiger partial charge in [-0.2, -0.15) is 0 Å². The molecule has 1 atom stereocenters. The summed E-state index contributed by atoms with van der Waals surface area (Å²) in [5.41, 5.74) is 3.14. The first-order valence-electron chi connectivity index (χ1n) is 10.9. The number of fused-ring (bicyclic) bond motifs is 1. The highest BCUT2D eigenvalue weighted by Crippen LogP contribution is 2.37. The third-order valence-corrected chi connectivity index (χ3v) is 6.30. The number of benzene rings is 2. The maximum Gasteiger partial charge on any atom is 0.270 e. The van der Waals surface area contributed by atoms with E-state index in [0.29, 0.717) is 23.0 Å². The molecule has 0 unspecified atom stereocenters. The van der Waals surface area contributed by atoms with Crippen LogP contribution in [0.3, 0.4) is 0 Å². The molecule has 33 heavy (non-hydrogen) atoms. The van der Waals surface area contributed by atoms with Crippen LogP contribution in [0.5, 0.6) is 5.75 Å². The van der Waals surface area contributed by atoms with E-state index >= 15 is 0 Å². The van der Waals surface area contributed by atoms with Gasteiger partial charge in [0.15, 0.2) is 0 Å². The average Bonchev–Trinajstić information content (AvgIpc) is 3.25. The second-order valence-corrected chi connectivity index (χ2v) is 9.27. The first-order valence-corrected chi connectivity index (χ1v) is 11.7. The number of rotatable bonds is 6. The molecule has 0 saturated heterocycles. The van der Waals surface area contributed by atoms with Crippen LogP contribution >= 0.6 is 11.3 Å². The van der Waals surface area contributed by atoms with Crippen molar-refractivity contribution >= 4 is 23.2 Å². The largest absolute Gasteiger partial charge is 0.486 e. The van der Waals surface area contributed by atoms with E-state index in [1.165, 1.54) is 30.4 Å². The number of ether oxygens (including phenoxy) is 1. The lowest BCUT2D eigenvalue weighted by Crippen LogP contribution is -2.39. The van der Waals surface area contributed by atoms with Gasteiger partial charge in [-0.25, -0.2) is 9.37 Å². The Balaban J connectivity index is 1.56. The highest BCUT2D eigenvalue weighted by atomic mass is 32.1. The zero-order chi connectivity index (χ0) is 23.5. The number of halogens is 1. The van der Waals surface area contributed by atoms with Crippen molar-refractivity contribution in [2.24, 2.45) is 0 Å². The number of nitrogens with one attached hydrogen (secondary N) is 1. The molecule has 2 aromatic carbocycles. The molecule has 172 valence electrons. The number of nitrogens with zero attached hydrogens (tertiary/aromatic N) is 2. The van der Waals surface area contributed by atoms with E-state index in [0.717, 1.165) is 23.1 Å². The fraction of sp³-hybridized carbons (Fsp3) is 0.320. The van der Waals surface area contributed by atoms with Gasteiger partial charge in [0, 0.05) is 24.9 Å².